The van der Waals surface area contributed by atoms with Crippen LogP contribution in [0.5, 0.6) is 11.5 Å². The molecule has 1 aromatic rings. The van der Waals surface area contributed by atoms with Crippen molar-refractivity contribution in [2.75, 3.05) is 7.11 Å². The molecule has 4 N–H and O–H groups in total. The number of hydrogen-bond acceptors (Lipinski definition) is 10. The van der Waals surface area contributed by atoms with Crippen LogP contribution >= 0.6 is 0 Å². The van der Waals surface area contributed by atoms with Gasteiger partial charge in [0, 0.05) is 35.1 Å². The largest absolute Gasteiger partial charge is 0.507 e. The van der Waals surface area contributed by atoms with Gasteiger partial charge in [-0.15, -0.1) is 0 Å². The number of ketones is 2. The summed E-state index contributed by atoms with van der Waals surface area (Å²) in [6.45, 7) is 3.08. The zero-order valence-corrected chi connectivity index (χ0v) is 18.2. The van der Waals surface area contributed by atoms with Crippen molar-refractivity contribution in [2.24, 2.45) is 0 Å². The van der Waals surface area contributed by atoms with Crippen molar-refractivity contribution in [1.29, 1.82) is 0 Å². The Balaban J connectivity index is 1.69. The Labute approximate surface area is 188 Å². The topological polar surface area (TPSA) is 160 Å². The van der Waals surface area contributed by atoms with E-state index in [1.165, 1.54) is 14.0 Å². The average molecular weight is 460 g/mol. The minimum atomic E-state index is -2.12. The molecule has 3 heterocycles. The number of methoxy groups -OCH3 is 1. The Morgan fingerprint density at radius 3 is 2.42 bits per heavy atom. The van der Waals surface area contributed by atoms with E-state index in [-0.39, 0.29) is 47.1 Å². The third-order valence-corrected chi connectivity index (χ3v) is 7.30. The van der Waals surface area contributed by atoms with Crippen molar-refractivity contribution >= 4 is 17.5 Å². The van der Waals surface area contributed by atoms with E-state index in [0.29, 0.717) is 0 Å². The van der Waals surface area contributed by atoms with Crippen LogP contribution in [-0.2, 0) is 25.4 Å². The van der Waals surface area contributed by atoms with E-state index in [1.807, 2.05) is 0 Å². The maximum Gasteiger partial charge on any atom is 0.308 e. The number of benzene rings is 1. The molecule has 0 radical (unpaired) electrons. The molecule has 10 heteroatoms. The Morgan fingerprint density at radius 2 is 1.79 bits per heavy atom. The normalized spacial score (nSPS) is 34.6. The standard InChI is InChI=1S/C23H24O10/c1-7-14-10(4-9(32-7)5-13(25)31-3)19(26)16-17(20(14)27)22(29)18-15(21(16)28)11-6-12(24)23(18,30)8(2)33-11/h7-9,11-12,24,26-27,30H,4-6H2,1-3H3. The number of carbonyl (C=O) groups is 3. The quantitative estimate of drug-likeness (QED) is 0.364. The first kappa shape index (κ1) is 22.0. The highest BCUT2D eigenvalue weighted by molar-refractivity contribution is 6.30. The maximum absolute atomic E-state index is 13.6. The number of Topliss-reactive ketones (excluding diaryl/α,β-unsaturated/α-hetero) is 2. The fourth-order valence-electron chi connectivity index (χ4n) is 5.72. The number of ether oxygens (including phenoxy) is 3. The molecular weight excluding hydrogens is 436 g/mol. The number of carbonyl (C=O) groups excluding carboxylic acids is 3. The van der Waals surface area contributed by atoms with Crippen LogP contribution in [0.3, 0.4) is 0 Å². The maximum atomic E-state index is 13.6. The molecule has 1 fully saturated rings. The van der Waals surface area contributed by atoms with E-state index in [9.17, 15) is 34.8 Å². The summed E-state index contributed by atoms with van der Waals surface area (Å²) < 4.78 is 16.1. The summed E-state index contributed by atoms with van der Waals surface area (Å²) in [6, 6.07) is 0. The molecule has 0 aromatic heterocycles. The van der Waals surface area contributed by atoms with Gasteiger partial charge in [-0.2, -0.15) is 0 Å². The molecule has 2 bridgehead atoms. The van der Waals surface area contributed by atoms with Gasteiger partial charge in [0.1, 0.15) is 17.1 Å². The van der Waals surface area contributed by atoms with E-state index in [0.717, 1.165) is 0 Å². The first-order valence-electron chi connectivity index (χ1n) is 10.7. The first-order chi connectivity index (χ1) is 15.5. The second kappa shape index (κ2) is 7.10. The van der Waals surface area contributed by atoms with Crippen molar-refractivity contribution in [3.8, 4) is 11.5 Å². The number of aliphatic hydroxyl groups excluding tert-OH is 1. The second-order valence-electron chi connectivity index (χ2n) is 9.01. The van der Waals surface area contributed by atoms with Gasteiger partial charge in [-0.25, -0.2) is 0 Å². The molecule has 6 unspecified atom stereocenters. The predicted octanol–water partition coefficient (Wildman–Crippen LogP) is 0.622. The van der Waals surface area contributed by atoms with Crippen molar-refractivity contribution in [2.45, 2.75) is 69.2 Å². The SMILES string of the molecule is COC(=O)CC1Cc2c(O)c3c(c(O)c2C(C)O1)C(=O)C1=C(C3=O)C2CC(O)C1(O)C(C)O2. The van der Waals surface area contributed by atoms with Gasteiger partial charge < -0.3 is 34.6 Å². The number of aromatic hydroxyl groups is 2. The number of hydrogen-bond donors (Lipinski definition) is 4. The van der Waals surface area contributed by atoms with Crippen molar-refractivity contribution in [3.05, 3.63) is 33.4 Å². The Morgan fingerprint density at radius 1 is 1.12 bits per heavy atom. The van der Waals surface area contributed by atoms with Crippen LogP contribution in [0, 0.1) is 0 Å². The van der Waals surface area contributed by atoms with E-state index in [1.54, 1.807) is 6.92 Å². The van der Waals surface area contributed by atoms with Gasteiger partial charge in [-0.1, -0.05) is 0 Å². The van der Waals surface area contributed by atoms with Crippen LogP contribution in [-0.4, -0.2) is 75.1 Å². The lowest BCUT2D eigenvalue weighted by Gasteiger charge is -2.52. The highest BCUT2D eigenvalue weighted by Gasteiger charge is 2.62. The van der Waals surface area contributed by atoms with E-state index >= 15 is 0 Å². The molecule has 10 nitrogen and oxygen atoms in total. The molecule has 1 aromatic carbocycles. The van der Waals surface area contributed by atoms with Crippen molar-refractivity contribution in [1.82, 2.24) is 0 Å². The first-order valence-corrected chi connectivity index (χ1v) is 10.7. The average Bonchev–Trinajstić information content (AvgIpc) is 2.75. The number of phenolic OH excluding ortho intramolecular Hbond substituents is 2. The number of rotatable bonds is 2. The molecule has 5 aliphatic rings. The summed E-state index contributed by atoms with van der Waals surface area (Å²) in [5.41, 5.74) is -3.00. The Hall–Kier alpha value is -2.79. The van der Waals surface area contributed by atoms with Gasteiger partial charge >= 0.3 is 5.97 Å². The Kier molecular flexibility index (Phi) is 4.74. The van der Waals surface area contributed by atoms with Crippen LogP contribution in [0.1, 0.15) is 64.6 Å². The van der Waals surface area contributed by atoms with Crippen LogP contribution in [0.15, 0.2) is 11.1 Å². The van der Waals surface area contributed by atoms with E-state index in [4.69, 9.17) is 9.47 Å². The minimum absolute atomic E-state index is 0.00837. The van der Waals surface area contributed by atoms with Gasteiger partial charge in [0.25, 0.3) is 0 Å². The van der Waals surface area contributed by atoms with Gasteiger partial charge in [0.15, 0.2) is 11.6 Å². The second-order valence-corrected chi connectivity index (χ2v) is 9.01. The van der Waals surface area contributed by atoms with Crippen molar-refractivity contribution < 1.29 is 49.0 Å². The fraction of sp³-hybridized carbons (Fsp3) is 0.522. The lowest BCUT2D eigenvalue weighted by Crippen LogP contribution is -2.66. The van der Waals surface area contributed by atoms with Crippen molar-refractivity contribution in [3.63, 3.8) is 0 Å². The molecule has 33 heavy (non-hydrogen) atoms. The lowest BCUT2D eigenvalue weighted by atomic mass is 9.63. The third kappa shape index (κ3) is 2.72. The minimum Gasteiger partial charge on any atom is -0.507 e. The Bertz CT molecular complexity index is 1140. The smallest absolute Gasteiger partial charge is 0.308 e. The zero-order chi connectivity index (χ0) is 24.0. The molecular formula is C23H24O10. The molecule has 3 aliphatic heterocycles. The monoisotopic (exact) mass is 460 g/mol. The van der Waals surface area contributed by atoms with Crippen LogP contribution < -0.4 is 0 Å². The highest BCUT2D eigenvalue weighted by Crippen LogP contribution is 2.54. The molecule has 1 saturated heterocycles. The van der Waals surface area contributed by atoms with E-state index < -0.39 is 70.7 Å². The number of phenols is 2. The molecule has 176 valence electrons. The summed E-state index contributed by atoms with van der Waals surface area (Å²) in [4.78, 5) is 38.8. The van der Waals surface area contributed by atoms with Crippen LogP contribution in [0.4, 0.5) is 0 Å². The molecule has 0 amide bonds. The molecule has 6 atom stereocenters. The van der Waals surface area contributed by atoms with Crippen LogP contribution in [0.25, 0.3) is 0 Å². The van der Waals surface area contributed by atoms with Gasteiger partial charge in [-0.3, -0.25) is 14.4 Å². The third-order valence-electron chi connectivity index (χ3n) is 7.30. The molecule has 2 aliphatic carbocycles. The number of esters is 1. The molecule has 0 saturated carbocycles. The van der Waals surface area contributed by atoms with Gasteiger partial charge in [-0.05, 0) is 13.8 Å². The van der Waals surface area contributed by atoms with Gasteiger partial charge in [0.2, 0.25) is 0 Å². The summed E-state index contributed by atoms with van der Waals surface area (Å²) in [5.74, 6) is -3.12. The summed E-state index contributed by atoms with van der Waals surface area (Å²) >= 11 is 0. The lowest BCUT2D eigenvalue weighted by molar-refractivity contribution is -0.207. The predicted molar refractivity (Wildman–Crippen MR) is 109 cm³/mol. The zero-order valence-electron chi connectivity index (χ0n) is 18.2. The highest BCUT2D eigenvalue weighted by atomic mass is 16.5. The fourth-order valence-corrected chi connectivity index (χ4v) is 5.72. The molecule has 0 spiro atoms. The summed E-state index contributed by atoms with van der Waals surface area (Å²) in [6.07, 6.45) is -4.88. The molecule has 6 rings (SSSR count). The van der Waals surface area contributed by atoms with E-state index in [2.05, 4.69) is 4.74 Å². The van der Waals surface area contributed by atoms with Crippen LogP contribution in [0.2, 0.25) is 0 Å². The number of aliphatic hydroxyl groups is 2. The number of fused-ring (bicyclic) bond motifs is 4. The summed E-state index contributed by atoms with van der Waals surface area (Å²) in [5, 5.41) is 44.0. The van der Waals surface area contributed by atoms with Gasteiger partial charge in [0.05, 0.1) is 55.2 Å². The summed E-state index contributed by atoms with van der Waals surface area (Å²) in [7, 11) is 1.24.